The summed E-state index contributed by atoms with van der Waals surface area (Å²) in [6.07, 6.45) is 0.843. The maximum Gasteiger partial charge on any atom is 0.407 e. The number of hydrogen-bond donors (Lipinski definition) is 2. The van der Waals surface area contributed by atoms with Crippen molar-refractivity contribution in [2.75, 3.05) is 6.61 Å². The van der Waals surface area contributed by atoms with Crippen LogP contribution in [0, 0.1) is 6.92 Å². The topological polar surface area (TPSA) is 93.5 Å². The van der Waals surface area contributed by atoms with Crippen molar-refractivity contribution in [3.8, 4) is 16.8 Å². The number of hydrogen-bond acceptors (Lipinski definition) is 4. The average Bonchev–Trinajstić information content (AvgIpc) is 3.40. The first-order chi connectivity index (χ1) is 16.5. The molecule has 34 heavy (non-hydrogen) atoms. The minimum absolute atomic E-state index is 0.00713. The normalized spacial score (nSPS) is 12.1. The van der Waals surface area contributed by atoms with E-state index in [0.29, 0.717) is 5.69 Å². The number of nitrogens with one attached hydrogen (secondary N) is 1. The lowest BCUT2D eigenvalue weighted by molar-refractivity contribution is 0.0696. The molecular formula is C27H23N3O4. The van der Waals surface area contributed by atoms with Gasteiger partial charge in [0.05, 0.1) is 17.6 Å². The molecule has 0 atom stereocenters. The summed E-state index contributed by atoms with van der Waals surface area (Å²) in [7, 11) is 0. The van der Waals surface area contributed by atoms with Crippen LogP contribution >= 0.6 is 0 Å². The Morgan fingerprint density at radius 1 is 1.00 bits per heavy atom. The quantitative estimate of drug-likeness (QED) is 0.432. The van der Waals surface area contributed by atoms with Gasteiger partial charge in [0.25, 0.3) is 0 Å². The van der Waals surface area contributed by atoms with Gasteiger partial charge in [0, 0.05) is 12.5 Å². The number of alkyl carbamates (subject to hydrolysis) is 1. The van der Waals surface area contributed by atoms with E-state index in [1.807, 2.05) is 48.5 Å². The summed E-state index contributed by atoms with van der Waals surface area (Å²) >= 11 is 0. The lowest BCUT2D eigenvalue weighted by Gasteiger charge is -2.15. The molecule has 170 valence electrons. The maximum absolute atomic E-state index is 12.5. The Labute approximate surface area is 196 Å². The average molecular weight is 453 g/mol. The minimum Gasteiger partial charge on any atom is -0.478 e. The van der Waals surface area contributed by atoms with E-state index in [9.17, 15) is 14.7 Å². The van der Waals surface area contributed by atoms with Gasteiger partial charge in [-0.2, -0.15) is 5.10 Å². The van der Waals surface area contributed by atoms with Gasteiger partial charge in [-0.05, 0) is 46.9 Å². The van der Waals surface area contributed by atoms with Gasteiger partial charge < -0.3 is 15.2 Å². The lowest BCUT2D eigenvalue weighted by Crippen LogP contribution is -2.25. The molecule has 7 nitrogen and oxygen atoms in total. The number of fused-ring (bicyclic) bond motifs is 3. The predicted molar refractivity (Wildman–Crippen MR) is 127 cm³/mol. The number of nitrogens with zero attached hydrogens (tertiary/aromatic N) is 2. The molecular weight excluding hydrogens is 430 g/mol. The van der Waals surface area contributed by atoms with Crippen molar-refractivity contribution in [2.24, 2.45) is 0 Å². The molecule has 5 rings (SSSR count). The van der Waals surface area contributed by atoms with Crippen molar-refractivity contribution in [1.29, 1.82) is 0 Å². The second kappa shape index (κ2) is 8.86. The molecule has 3 aromatic carbocycles. The van der Waals surface area contributed by atoms with Gasteiger partial charge in [-0.15, -0.1) is 0 Å². The van der Waals surface area contributed by atoms with Crippen LogP contribution in [-0.2, 0) is 11.3 Å². The first-order valence-corrected chi connectivity index (χ1v) is 11.0. The Kier molecular flexibility index (Phi) is 5.59. The molecule has 0 unspecified atom stereocenters. The predicted octanol–water partition coefficient (Wildman–Crippen LogP) is 4.92. The molecule has 0 fully saturated rings. The Bertz CT molecular complexity index is 1350. The van der Waals surface area contributed by atoms with Crippen LogP contribution in [0.4, 0.5) is 4.79 Å². The van der Waals surface area contributed by atoms with E-state index in [1.165, 1.54) is 28.5 Å². The van der Waals surface area contributed by atoms with Gasteiger partial charge in [-0.3, -0.25) is 0 Å². The molecule has 4 aromatic rings. The minimum atomic E-state index is -1.02. The number of aromatic nitrogens is 2. The van der Waals surface area contributed by atoms with E-state index in [2.05, 4.69) is 34.7 Å². The summed E-state index contributed by atoms with van der Waals surface area (Å²) in [5.74, 6) is -1.01. The fourth-order valence-electron chi connectivity index (χ4n) is 4.50. The maximum atomic E-state index is 12.5. The van der Waals surface area contributed by atoms with Crippen LogP contribution in [0.25, 0.3) is 16.8 Å². The highest BCUT2D eigenvalue weighted by atomic mass is 16.5. The van der Waals surface area contributed by atoms with Crippen LogP contribution in [0.5, 0.6) is 0 Å². The standard InChI is InChI=1S/C27H23N3O4/c1-17-24(26(31)32)15-29-30(17)19-8-6-7-18(13-19)14-28-27(33)34-16-25-22-11-4-2-9-20(22)21-10-3-5-12-23(21)25/h2-13,15,25H,14,16H2,1H3,(H,28,33)(H,31,32). The Morgan fingerprint density at radius 3 is 2.32 bits per heavy atom. The summed E-state index contributed by atoms with van der Waals surface area (Å²) in [5, 5.41) is 16.2. The first kappa shape index (κ1) is 21.5. The number of benzene rings is 3. The number of carbonyl (C=O) groups excluding carboxylic acids is 1. The highest BCUT2D eigenvalue weighted by Crippen LogP contribution is 2.44. The van der Waals surface area contributed by atoms with Crippen molar-refractivity contribution in [3.05, 3.63) is 107 Å². The number of amides is 1. The molecule has 1 aliphatic rings. The van der Waals surface area contributed by atoms with E-state index < -0.39 is 12.1 Å². The molecule has 1 heterocycles. The number of carboxylic acid groups (broad SMARTS) is 1. The monoisotopic (exact) mass is 453 g/mol. The van der Waals surface area contributed by atoms with Gasteiger partial charge >= 0.3 is 12.1 Å². The molecule has 1 amide bonds. The molecule has 2 N–H and O–H groups in total. The van der Waals surface area contributed by atoms with Gasteiger partial charge in [0.2, 0.25) is 0 Å². The largest absolute Gasteiger partial charge is 0.478 e. The van der Waals surface area contributed by atoms with Crippen LogP contribution < -0.4 is 5.32 Å². The summed E-state index contributed by atoms with van der Waals surface area (Å²) in [4.78, 5) is 23.8. The zero-order chi connectivity index (χ0) is 23.7. The molecule has 1 aliphatic carbocycles. The van der Waals surface area contributed by atoms with Crippen molar-refractivity contribution >= 4 is 12.1 Å². The second-order valence-corrected chi connectivity index (χ2v) is 8.21. The lowest BCUT2D eigenvalue weighted by atomic mass is 9.98. The summed E-state index contributed by atoms with van der Waals surface area (Å²) < 4.78 is 7.16. The van der Waals surface area contributed by atoms with Crippen LogP contribution in [0.3, 0.4) is 0 Å². The van der Waals surface area contributed by atoms with Crippen LogP contribution in [0.15, 0.2) is 79.0 Å². The third-order valence-electron chi connectivity index (χ3n) is 6.18. The highest BCUT2D eigenvalue weighted by molar-refractivity contribution is 5.88. The highest BCUT2D eigenvalue weighted by Gasteiger charge is 2.29. The summed E-state index contributed by atoms with van der Waals surface area (Å²) in [6.45, 7) is 2.24. The zero-order valence-corrected chi connectivity index (χ0v) is 18.6. The number of carboxylic acids is 1. The van der Waals surface area contributed by atoms with Crippen molar-refractivity contribution < 1.29 is 19.4 Å². The Balaban J connectivity index is 1.23. The molecule has 0 saturated carbocycles. The number of rotatable bonds is 6. The number of carbonyl (C=O) groups is 2. The van der Waals surface area contributed by atoms with Crippen molar-refractivity contribution in [1.82, 2.24) is 15.1 Å². The van der Waals surface area contributed by atoms with Gasteiger partial charge in [0.15, 0.2) is 0 Å². The van der Waals surface area contributed by atoms with E-state index in [4.69, 9.17) is 4.74 Å². The molecule has 0 aliphatic heterocycles. The smallest absolute Gasteiger partial charge is 0.407 e. The third kappa shape index (κ3) is 3.92. The van der Waals surface area contributed by atoms with E-state index in [0.717, 1.165) is 11.3 Å². The van der Waals surface area contributed by atoms with Crippen LogP contribution in [-0.4, -0.2) is 33.6 Å². The molecule has 0 saturated heterocycles. The molecule has 0 radical (unpaired) electrons. The van der Waals surface area contributed by atoms with Crippen LogP contribution in [0.2, 0.25) is 0 Å². The van der Waals surface area contributed by atoms with E-state index >= 15 is 0 Å². The van der Waals surface area contributed by atoms with E-state index in [-0.39, 0.29) is 24.6 Å². The second-order valence-electron chi connectivity index (χ2n) is 8.21. The number of ether oxygens (including phenoxy) is 1. The first-order valence-electron chi connectivity index (χ1n) is 11.0. The molecule has 0 bridgehead atoms. The summed E-state index contributed by atoms with van der Waals surface area (Å²) in [6, 6.07) is 23.8. The SMILES string of the molecule is Cc1c(C(=O)O)cnn1-c1cccc(CNC(=O)OCC2c3ccccc3-c3ccccc32)c1. The zero-order valence-electron chi connectivity index (χ0n) is 18.6. The van der Waals surface area contributed by atoms with E-state index in [1.54, 1.807) is 11.6 Å². The van der Waals surface area contributed by atoms with Crippen molar-refractivity contribution in [3.63, 3.8) is 0 Å². The molecule has 7 heteroatoms. The fraction of sp³-hybridized carbons (Fsp3) is 0.148. The van der Waals surface area contributed by atoms with Crippen LogP contribution in [0.1, 0.15) is 38.7 Å². The Morgan fingerprint density at radius 2 is 1.68 bits per heavy atom. The van der Waals surface area contributed by atoms with Gasteiger partial charge in [-0.25, -0.2) is 14.3 Å². The molecule has 0 spiro atoms. The third-order valence-corrected chi connectivity index (χ3v) is 6.18. The van der Waals surface area contributed by atoms with Crippen molar-refractivity contribution in [2.45, 2.75) is 19.4 Å². The fourth-order valence-corrected chi connectivity index (χ4v) is 4.50. The summed E-state index contributed by atoms with van der Waals surface area (Å²) in [5.41, 5.74) is 6.96. The Hall–Kier alpha value is -4.39. The number of aromatic carboxylic acids is 1. The van der Waals surface area contributed by atoms with Gasteiger partial charge in [-0.1, -0.05) is 60.7 Å². The molecule has 1 aromatic heterocycles. The van der Waals surface area contributed by atoms with Gasteiger partial charge in [0.1, 0.15) is 12.2 Å².